The summed E-state index contributed by atoms with van der Waals surface area (Å²) in [5.74, 6) is 5.34. The smallest absolute Gasteiger partial charge is 0.203 e. The Labute approximate surface area is 176 Å². The van der Waals surface area contributed by atoms with Gasteiger partial charge in [-0.15, -0.1) is 12.3 Å². The lowest BCUT2D eigenvalue weighted by molar-refractivity contribution is 0.240. The van der Waals surface area contributed by atoms with E-state index in [0.717, 1.165) is 47.0 Å². The van der Waals surface area contributed by atoms with E-state index in [1.54, 1.807) is 27.5 Å². The van der Waals surface area contributed by atoms with Gasteiger partial charge in [-0.2, -0.15) is 0 Å². The molecule has 4 rings (SSSR count). The Morgan fingerprint density at radius 3 is 2.23 bits per heavy atom. The predicted octanol–water partition coefficient (Wildman–Crippen LogP) is 5.11. The summed E-state index contributed by atoms with van der Waals surface area (Å²) >= 11 is 0. The van der Waals surface area contributed by atoms with Gasteiger partial charge in [-0.25, -0.2) is 0 Å². The van der Waals surface area contributed by atoms with Gasteiger partial charge in [0.05, 0.1) is 33.5 Å². The SMILES string of the molecule is C#CCC1(COc2cc(-c3cc(OC)c(OC)c(OC)c3)cc3ncccc23)CC1. The van der Waals surface area contributed by atoms with Crippen LogP contribution in [0.15, 0.2) is 42.6 Å². The van der Waals surface area contributed by atoms with Gasteiger partial charge >= 0.3 is 0 Å². The minimum atomic E-state index is 0.117. The Morgan fingerprint density at radius 2 is 1.63 bits per heavy atom. The normalized spacial score (nSPS) is 14.1. The molecule has 0 bridgehead atoms. The minimum absolute atomic E-state index is 0.117. The first kappa shape index (κ1) is 19.9. The fourth-order valence-corrected chi connectivity index (χ4v) is 3.68. The molecule has 30 heavy (non-hydrogen) atoms. The highest BCUT2D eigenvalue weighted by Crippen LogP contribution is 2.49. The highest BCUT2D eigenvalue weighted by atomic mass is 16.5. The van der Waals surface area contributed by atoms with Crippen molar-refractivity contribution in [3.63, 3.8) is 0 Å². The second-order valence-corrected chi connectivity index (χ2v) is 7.63. The van der Waals surface area contributed by atoms with Crippen molar-refractivity contribution in [1.82, 2.24) is 4.98 Å². The molecule has 1 aliphatic carbocycles. The van der Waals surface area contributed by atoms with Crippen LogP contribution in [0.4, 0.5) is 0 Å². The van der Waals surface area contributed by atoms with Crippen LogP contribution in [0.25, 0.3) is 22.0 Å². The zero-order valence-corrected chi connectivity index (χ0v) is 17.5. The van der Waals surface area contributed by atoms with E-state index >= 15 is 0 Å². The molecule has 3 aromatic rings. The van der Waals surface area contributed by atoms with Crippen LogP contribution in [0.2, 0.25) is 0 Å². The predicted molar refractivity (Wildman–Crippen MR) is 117 cm³/mol. The Balaban J connectivity index is 1.78. The molecule has 0 aliphatic heterocycles. The summed E-state index contributed by atoms with van der Waals surface area (Å²) in [5, 5.41) is 0.977. The van der Waals surface area contributed by atoms with Gasteiger partial charge in [0.2, 0.25) is 5.75 Å². The van der Waals surface area contributed by atoms with E-state index in [0.29, 0.717) is 23.9 Å². The van der Waals surface area contributed by atoms with Gasteiger partial charge in [0, 0.05) is 23.4 Å². The maximum Gasteiger partial charge on any atom is 0.203 e. The molecule has 0 amide bonds. The molecule has 0 radical (unpaired) electrons. The molecule has 154 valence electrons. The van der Waals surface area contributed by atoms with E-state index in [-0.39, 0.29) is 5.41 Å². The first-order valence-corrected chi connectivity index (χ1v) is 9.88. The highest BCUT2D eigenvalue weighted by molar-refractivity contribution is 5.90. The van der Waals surface area contributed by atoms with Crippen molar-refractivity contribution < 1.29 is 18.9 Å². The van der Waals surface area contributed by atoms with Crippen LogP contribution < -0.4 is 18.9 Å². The van der Waals surface area contributed by atoms with E-state index in [4.69, 9.17) is 25.4 Å². The maximum atomic E-state index is 6.30. The van der Waals surface area contributed by atoms with Gasteiger partial charge in [0.25, 0.3) is 0 Å². The topological polar surface area (TPSA) is 49.8 Å². The summed E-state index contributed by atoms with van der Waals surface area (Å²) in [6.45, 7) is 0.611. The van der Waals surface area contributed by atoms with Crippen LogP contribution in [-0.2, 0) is 0 Å². The van der Waals surface area contributed by atoms with Crippen molar-refractivity contribution >= 4 is 10.9 Å². The summed E-state index contributed by atoms with van der Waals surface area (Å²) in [6, 6.07) is 11.9. The second kappa shape index (κ2) is 8.16. The van der Waals surface area contributed by atoms with Gasteiger partial charge in [-0.1, -0.05) is 0 Å². The van der Waals surface area contributed by atoms with Gasteiger partial charge in [0.15, 0.2) is 11.5 Å². The molecule has 1 saturated carbocycles. The first-order valence-electron chi connectivity index (χ1n) is 9.88. The number of terminal acetylenes is 1. The Morgan fingerprint density at radius 1 is 0.967 bits per heavy atom. The van der Waals surface area contributed by atoms with Crippen LogP contribution in [0, 0.1) is 17.8 Å². The zero-order valence-electron chi connectivity index (χ0n) is 17.5. The number of ether oxygens (including phenoxy) is 4. The largest absolute Gasteiger partial charge is 0.493 e. The molecular weight excluding hydrogens is 378 g/mol. The third-order valence-electron chi connectivity index (χ3n) is 5.65. The standard InChI is InChI=1S/C25H25NO4/c1-5-8-25(9-10-25)16-30-21-13-17(12-20-19(21)7-6-11-26-20)18-14-22(27-2)24(29-4)23(15-18)28-3/h1,6-7,11-15H,8-10,16H2,2-4H3. The number of pyridine rings is 1. The lowest BCUT2D eigenvalue weighted by Crippen LogP contribution is -2.12. The molecule has 2 aromatic carbocycles. The van der Waals surface area contributed by atoms with E-state index < -0.39 is 0 Å². The van der Waals surface area contributed by atoms with Crippen molar-refractivity contribution in [3.8, 4) is 46.5 Å². The fraction of sp³-hybridized carbons (Fsp3) is 0.320. The Bertz CT molecular complexity index is 1090. The van der Waals surface area contributed by atoms with Crippen molar-refractivity contribution in [2.45, 2.75) is 19.3 Å². The molecule has 1 heterocycles. The lowest BCUT2D eigenvalue weighted by atomic mass is 10.0. The molecule has 0 spiro atoms. The monoisotopic (exact) mass is 403 g/mol. The average molecular weight is 403 g/mol. The van der Waals surface area contributed by atoms with Crippen LogP contribution in [-0.4, -0.2) is 32.9 Å². The van der Waals surface area contributed by atoms with Crippen molar-refractivity contribution in [2.24, 2.45) is 5.41 Å². The fourth-order valence-electron chi connectivity index (χ4n) is 3.68. The molecule has 1 fully saturated rings. The van der Waals surface area contributed by atoms with Gasteiger partial charge < -0.3 is 18.9 Å². The molecule has 5 heteroatoms. The summed E-state index contributed by atoms with van der Waals surface area (Å²) < 4.78 is 22.8. The second-order valence-electron chi connectivity index (χ2n) is 7.63. The third-order valence-corrected chi connectivity index (χ3v) is 5.65. The number of fused-ring (bicyclic) bond motifs is 1. The maximum absolute atomic E-state index is 6.30. The highest BCUT2D eigenvalue weighted by Gasteiger charge is 2.42. The molecule has 5 nitrogen and oxygen atoms in total. The average Bonchev–Trinajstić information content (AvgIpc) is 3.56. The summed E-state index contributed by atoms with van der Waals surface area (Å²) in [6.07, 6.45) is 10.3. The molecule has 0 N–H and O–H groups in total. The summed E-state index contributed by atoms with van der Waals surface area (Å²) in [7, 11) is 4.81. The van der Waals surface area contributed by atoms with Crippen LogP contribution in [0.1, 0.15) is 19.3 Å². The van der Waals surface area contributed by atoms with Gasteiger partial charge in [-0.3, -0.25) is 4.98 Å². The number of nitrogens with zero attached hydrogens (tertiary/aromatic N) is 1. The van der Waals surface area contributed by atoms with E-state index in [2.05, 4.69) is 10.9 Å². The summed E-state index contributed by atoms with van der Waals surface area (Å²) in [4.78, 5) is 4.54. The first-order chi connectivity index (χ1) is 14.6. The van der Waals surface area contributed by atoms with Crippen LogP contribution in [0.3, 0.4) is 0 Å². The van der Waals surface area contributed by atoms with E-state index in [9.17, 15) is 0 Å². The molecule has 0 atom stereocenters. The number of aromatic nitrogens is 1. The molecular formula is C25H25NO4. The van der Waals surface area contributed by atoms with Gasteiger partial charge in [-0.05, 0) is 60.4 Å². The quantitative estimate of drug-likeness (QED) is 0.489. The number of rotatable bonds is 8. The summed E-state index contributed by atoms with van der Waals surface area (Å²) in [5.41, 5.74) is 2.86. The lowest BCUT2D eigenvalue weighted by Gasteiger charge is -2.17. The molecule has 0 saturated heterocycles. The van der Waals surface area contributed by atoms with E-state index in [1.807, 2.05) is 36.4 Å². The Kier molecular flexibility index (Phi) is 5.41. The number of methoxy groups -OCH3 is 3. The Hall–Kier alpha value is -3.39. The number of hydrogen-bond acceptors (Lipinski definition) is 5. The van der Waals surface area contributed by atoms with Crippen LogP contribution in [0.5, 0.6) is 23.0 Å². The molecule has 1 aliphatic rings. The molecule has 1 aromatic heterocycles. The van der Waals surface area contributed by atoms with E-state index in [1.165, 1.54) is 0 Å². The minimum Gasteiger partial charge on any atom is -0.493 e. The van der Waals surface area contributed by atoms with Crippen molar-refractivity contribution in [1.29, 1.82) is 0 Å². The van der Waals surface area contributed by atoms with Crippen LogP contribution >= 0.6 is 0 Å². The van der Waals surface area contributed by atoms with Gasteiger partial charge in [0.1, 0.15) is 5.75 Å². The third kappa shape index (κ3) is 3.73. The number of benzene rings is 2. The molecule has 0 unspecified atom stereocenters. The zero-order chi connectivity index (χ0) is 21.1. The number of hydrogen-bond donors (Lipinski definition) is 0. The van der Waals surface area contributed by atoms with Crippen molar-refractivity contribution in [2.75, 3.05) is 27.9 Å². The van der Waals surface area contributed by atoms with Crippen molar-refractivity contribution in [3.05, 3.63) is 42.6 Å².